The normalized spacial score (nSPS) is 27.6. The van der Waals surface area contributed by atoms with Gasteiger partial charge in [-0.1, -0.05) is 64.5 Å². The molecule has 9 heteroatoms. The number of anilines is 1. The second-order valence-electron chi connectivity index (χ2n) is 10.8. The van der Waals surface area contributed by atoms with E-state index < -0.39 is 23.0 Å². The number of hydrogen-bond donors (Lipinski definition) is 1. The molecule has 0 saturated carbocycles. The third kappa shape index (κ3) is 3.57. The molecular formula is C31H26BrN3O5. The summed E-state index contributed by atoms with van der Waals surface area (Å²) < 4.78 is 12.0. The fraction of sp³-hybridized carbons (Fsp3) is 0.290. The Morgan fingerprint density at radius 3 is 2.20 bits per heavy atom. The van der Waals surface area contributed by atoms with Gasteiger partial charge in [0.05, 0.1) is 42.6 Å². The average molecular weight is 600 g/mol. The number of hydrazone groups is 1. The highest BCUT2D eigenvalue weighted by molar-refractivity contribution is 9.10. The second-order valence-corrected chi connectivity index (χ2v) is 11.7. The monoisotopic (exact) mass is 599 g/mol. The minimum absolute atomic E-state index is 0.0204. The summed E-state index contributed by atoms with van der Waals surface area (Å²) in [5.74, 6) is -3.47. The van der Waals surface area contributed by atoms with Crippen LogP contribution in [0.5, 0.6) is 0 Å². The van der Waals surface area contributed by atoms with Gasteiger partial charge in [0, 0.05) is 16.6 Å². The van der Waals surface area contributed by atoms with E-state index in [1.807, 2.05) is 60.7 Å². The lowest BCUT2D eigenvalue weighted by Crippen LogP contribution is -2.54. The first-order valence-corrected chi connectivity index (χ1v) is 14.1. The molecule has 0 radical (unpaired) electrons. The lowest BCUT2D eigenvalue weighted by atomic mass is 9.47. The average Bonchev–Trinajstić information content (AvgIpc) is 3.50. The van der Waals surface area contributed by atoms with Crippen molar-refractivity contribution in [3.63, 3.8) is 0 Å². The maximum atomic E-state index is 14.3. The van der Waals surface area contributed by atoms with E-state index in [0.29, 0.717) is 18.9 Å². The summed E-state index contributed by atoms with van der Waals surface area (Å²) in [7, 11) is 0. The summed E-state index contributed by atoms with van der Waals surface area (Å²) in [6.45, 7) is 2.58. The number of carbonyl (C=O) groups excluding carboxylic acids is 3. The lowest BCUT2D eigenvalue weighted by molar-refractivity contribution is -0.159. The van der Waals surface area contributed by atoms with E-state index in [1.54, 1.807) is 25.3 Å². The summed E-state index contributed by atoms with van der Waals surface area (Å²) in [5, 5.41) is 4.44. The van der Waals surface area contributed by atoms with Gasteiger partial charge in [-0.2, -0.15) is 5.10 Å². The van der Waals surface area contributed by atoms with Crippen molar-refractivity contribution in [1.82, 2.24) is 5.43 Å². The first-order valence-electron chi connectivity index (χ1n) is 13.3. The highest BCUT2D eigenvalue weighted by Crippen LogP contribution is 2.63. The van der Waals surface area contributed by atoms with Gasteiger partial charge in [-0.15, -0.1) is 0 Å². The second kappa shape index (κ2) is 9.19. The van der Waals surface area contributed by atoms with E-state index >= 15 is 0 Å². The first kappa shape index (κ1) is 25.3. The van der Waals surface area contributed by atoms with Crippen molar-refractivity contribution in [2.75, 3.05) is 18.1 Å². The molecule has 0 aromatic heterocycles. The van der Waals surface area contributed by atoms with Gasteiger partial charge >= 0.3 is 0 Å². The number of rotatable bonds is 5. The summed E-state index contributed by atoms with van der Waals surface area (Å²) in [6.07, 6.45) is 1.64. The summed E-state index contributed by atoms with van der Waals surface area (Å²) in [4.78, 5) is 42.6. The maximum absolute atomic E-state index is 14.3. The van der Waals surface area contributed by atoms with Crippen LogP contribution in [0.3, 0.4) is 0 Å². The minimum Gasteiger partial charge on any atom is -0.347 e. The molecule has 0 unspecified atom stereocenters. The van der Waals surface area contributed by atoms with E-state index in [0.717, 1.165) is 26.7 Å². The number of nitrogens with zero attached hydrogens (tertiary/aromatic N) is 2. The van der Waals surface area contributed by atoms with E-state index in [4.69, 9.17) is 9.47 Å². The zero-order valence-electron chi connectivity index (χ0n) is 21.7. The first-order chi connectivity index (χ1) is 19.3. The molecule has 202 valence electrons. The largest absolute Gasteiger partial charge is 0.347 e. The molecule has 2 heterocycles. The number of carbonyl (C=O) groups is 3. The van der Waals surface area contributed by atoms with Crippen LogP contribution >= 0.6 is 15.9 Å². The van der Waals surface area contributed by atoms with Crippen LogP contribution < -0.4 is 10.3 Å². The van der Waals surface area contributed by atoms with Crippen LogP contribution in [-0.2, 0) is 29.3 Å². The number of benzene rings is 3. The third-order valence-electron chi connectivity index (χ3n) is 8.61. The van der Waals surface area contributed by atoms with Crippen molar-refractivity contribution >= 4 is 45.6 Å². The Balaban J connectivity index is 1.35. The van der Waals surface area contributed by atoms with Crippen LogP contribution in [0.25, 0.3) is 0 Å². The highest BCUT2D eigenvalue weighted by atomic mass is 79.9. The summed E-state index contributed by atoms with van der Waals surface area (Å²) in [6, 6.07) is 23.0. The molecule has 1 N–H and O–H groups in total. The predicted molar refractivity (Wildman–Crippen MR) is 151 cm³/mol. The van der Waals surface area contributed by atoms with Crippen LogP contribution in [-0.4, -0.2) is 42.9 Å². The van der Waals surface area contributed by atoms with E-state index in [2.05, 4.69) is 26.5 Å². The molecule has 3 aromatic rings. The van der Waals surface area contributed by atoms with Gasteiger partial charge in [0.2, 0.25) is 17.7 Å². The Morgan fingerprint density at radius 2 is 1.57 bits per heavy atom. The van der Waals surface area contributed by atoms with Gasteiger partial charge in [0.15, 0.2) is 5.79 Å². The molecular weight excluding hydrogens is 574 g/mol. The molecule has 2 atom stereocenters. The standard InChI is InChI=1S/C31H26BrN3O5/c1-30(39-14-15-40-30)16-24(36)34-33-17-31-22-8-4-2-6-20(22)25(21-7-3-5-9-23(21)31)26-27(31)29(38)35(28(26)37)19-12-10-18(32)11-13-19/h2-13,17,25-27H,14-16H2,1H3,(H,34,36)/b33-17-/t25?,26-,27-,31?/m0/s1. The van der Waals surface area contributed by atoms with Crippen LogP contribution in [0.4, 0.5) is 5.69 Å². The van der Waals surface area contributed by atoms with Crippen molar-refractivity contribution in [2.24, 2.45) is 16.9 Å². The van der Waals surface area contributed by atoms with E-state index in [1.165, 1.54) is 4.90 Å². The van der Waals surface area contributed by atoms with Crippen LogP contribution in [0.15, 0.2) is 82.4 Å². The van der Waals surface area contributed by atoms with Crippen LogP contribution in [0, 0.1) is 11.8 Å². The summed E-state index contributed by atoms with van der Waals surface area (Å²) >= 11 is 3.44. The van der Waals surface area contributed by atoms with Crippen LogP contribution in [0.1, 0.15) is 41.5 Å². The van der Waals surface area contributed by atoms with Gasteiger partial charge in [0.1, 0.15) is 0 Å². The van der Waals surface area contributed by atoms with Gasteiger partial charge in [-0.3, -0.25) is 14.4 Å². The van der Waals surface area contributed by atoms with Crippen molar-refractivity contribution in [1.29, 1.82) is 0 Å². The molecule has 3 aliphatic carbocycles. The van der Waals surface area contributed by atoms with Crippen molar-refractivity contribution in [3.05, 3.63) is 99.5 Å². The van der Waals surface area contributed by atoms with Crippen molar-refractivity contribution in [3.8, 4) is 0 Å². The molecule has 40 heavy (non-hydrogen) atoms. The Kier molecular flexibility index (Phi) is 5.82. The van der Waals surface area contributed by atoms with Crippen molar-refractivity contribution < 1.29 is 23.9 Å². The molecule has 8 nitrogen and oxygen atoms in total. The number of ether oxygens (including phenoxy) is 2. The topological polar surface area (TPSA) is 97.3 Å². The molecule has 3 amide bonds. The highest BCUT2D eigenvalue weighted by Gasteiger charge is 2.68. The zero-order valence-corrected chi connectivity index (χ0v) is 23.3. The number of halogens is 1. The van der Waals surface area contributed by atoms with Gasteiger partial charge < -0.3 is 9.47 Å². The van der Waals surface area contributed by atoms with E-state index in [9.17, 15) is 14.4 Å². The smallest absolute Gasteiger partial charge is 0.245 e. The Labute approximate surface area is 239 Å². The Hall–Kier alpha value is -3.66. The molecule has 2 fully saturated rings. The molecule has 0 spiro atoms. The van der Waals surface area contributed by atoms with Gasteiger partial charge in [-0.25, -0.2) is 10.3 Å². The number of nitrogens with one attached hydrogen (secondary N) is 1. The molecule has 2 bridgehead atoms. The van der Waals surface area contributed by atoms with E-state index in [-0.39, 0.29) is 30.1 Å². The summed E-state index contributed by atoms with van der Waals surface area (Å²) in [5.41, 5.74) is 5.95. The molecule has 2 saturated heterocycles. The van der Waals surface area contributed by atoms with Gasteiger partial charge in [0.25, 0.3) is 0 Å². The predicted octanol–water partition coefficient (Wildman–Crippen LogP) is 4.26. The Bertz CT molecular complexity index is 1530. The maximum Gasteiger partial charge on any atom is 0.245 e. The molecule has 5 aliphatic rings. The number of imide groups is 1. The lowest BCUT2D eigenvalue weighted by Gasteiger charge is -2.52. The molecule has 2 aliphatic heterocycles. The zero-order chi connectivity index (χ0) is 27.6. The van der Waals surface area contributed by atoms with Crippen molar-refractivity contribution in [2.45, 2.75) is 30.5 Å². The molecule has 8 rings (SSSR count). The Morgan fingerprint density at radius 1 is 0.975 bits per heavy atom. The van der Waals surface area contributed by atoms with Gasteiger partial charge in [-0.05, 0) is 53.4 Å². The minimum atomic E-state index is -1.05. The number of amides is 3. The van der Waals surface area contributed by atoms with Crippen LogP contribution in [0.2, 0.25) is 0 Å². The fourth-order valence-electron chi connectivity index (χ4n) is 7.09. The fourth-order valence-corrected chi connectivity index (χ4v) is 7.35. The molecule has 3 aromatic carbocycles. The quantitative estimate of drug-likeness (QED) is 0.268. The third-order valence-corrected chi connectivity index (χ3v) is 9.13. The number of hydrogen-bond acceptors (Lipinski definition) is 6. The SMILES string of the molecule is CC1(CC(=O)N/N=C\C23c4ccccc4C(c4ccccc42)[C@@H]2C(=O)N(c4ccc(Br)cc4)C(=O)[C@H]23)OCCO1.